The van der Waals surface area contributed by atoms with E-state index < -0.39 is 0 Å². The summed E-state index contributed by atoms with van der Waals surface area (Å²) in [4.78, 5) is 15.2. The van der Waals surface area contributed by atoms with E-state index in [4.69, 9.17) is 4.74 Å². The molecule has 1 heterocycles. The number of carbonyl (C=O) groups excluding carboxylic acids is 1. The van der Waals surface area contributed by atoms with Gasteiger partial charge in [-0.3, -0.25) is 4.79 Å². The minimum Gasteiger partial charge on any atom is -0.481 e. The van der Waals surface area contributed by atoms with Crippen LogP contribution >= 0.6 is 0 Å². The molecule has 0 radical (unpaired) electrons. The zero-order valence-corrected chi connectivity index (χ0v) is 7.25. The van der Waals surface area contributed by atoms with Gasteiger partial charge in [-0.15, -0.1) is 0 Å². The summed E-state index contributed by atoms with van der Waals surface area (Å²) in [6.07, 6.45) is 3.23. The highest BCUT2D eigenvalue weighted by atomic mass is 16.5. The van der Waals surface area contributed by atoms with Crippen molar-refractivity contribution in [1.29, 1.82) is 0 Å². The summed E-state index contributed by atoms with van der Waals surface area (Å²) in [5, 5.41) is 0. The quantitative estimate of drug-likeness (QED) is 0.591. The predicted octanol–water partition coefficient (Wildman–Crippen LogP) is 1.38. The molecular formula is C9H13NO2. The Balaban J connectivity index is 2.14. The van der Waals surface area contributed by atoms with Gasteiger partial charge in [-0.1, -0.05) is 6.42 Å². The second kappa shape index (κ2) is 2.88. The Morgan fingerprint density at radius 3 is 3.00 bits per heavy atom. The number of amides is 1. The number of hydrogen-bond donors (Lipinski definition) is 0. The number of fused-ring (bicyclic) bond motifs is 1. The van der Waals surface area contributed by atoms with Crippen LogP contribution in [0.5, 0.6) is 0 Å². The van der Waals surface area contributed by atoms with Gasteiger partial charge in [0.05, 0.1) is 12.5 Å². The Kier molecular flexibility index (Phi) is 1.87. The minimum absolute atomic E-state index is 0.0425. The number of hydrogen-bond acceptors (Lipinski definition) is 2. The van der Waals surface area contributed by atoms with Crippen molar-refractivity contribution < 1.29 is 9.53 Å². The average molecular weight is 167 g/mol. The number of aliphatic imine (C=N–C) groups is 1. The molecule has 0 N–H and O–H groups in total. The second-order valence-corrected chi connectivity index (χ2v) is 3.37. The third-order valence-electron chi connectivity index (χ3n) is 2.66. The number of rotatable bonds is 1. The molecule has 1 fully saturated rings. The molecule has 0 bridgehead atoms. The van der Waals surface area contributed by atoms with E-state index in [0.29, 0.717) is 18.4 Å². The molecule has 0 saturated heterocycles. The van der Waals surface area contributed by atoms with Gasteiger partial charge in [-0.05, 0) is 19.8 Å². The first-order valence-corrected chi connectivity index (χ1v) is 4.58. The topological polar surface area (TPSA) is 38.7 Å². The monoisotopic (exact) mass is 167 g/mol. The Hall–Kier alpha value is -0.860. The lowest BCUT2D eigenvalue weighted by molar-refractivity contribution is -0.120. The van der Waals surface area contributed by atoms with Crippen LogP contribution in [0, 0.1) is 11.8 Å². The van der Waals surface area contributed by atoms with Crippen molar-refractivity contribution in [3.05, 3.63) is 0 Å². The molecule has 1 amide bonds. The zero-order valence-electron chi connectivity index (χ0n) is 7.25. The molecule has 3 heteroatoms. The van der Waals surface area contributed by atoms with E-state index in [2.05, 4.69) is 4.99 Å². The lowest BCUT2D eigenvalue weighted by Gasteiger charge is -2.09. The Labute approximate surface area is 71.8 Å². The Morgan fingerprint density at radius 1 is 1.50 bits per heavy atom. The van der Waals surface area contributed by atoms with Crippen LogP contribution in [-0.4, -0.2) is 18.4 Å². The predicted molar refractivity (Wildman–Crippen MR) is 44.9 cm³/mol. The molecule has 0 aromatic carbocycles. The summed E-state index contributed by atoms with van der Waals surface area (Å²) in [6, 6.07) is 0. The fraction of sp³-hybridized carbons (Fsp3) is 0.778. The van der Waals surface area contributed by atoms with Crippen molar-refractivity contribution >= 4 is 11.8 Å². The van der Waals surface area contributed by atoms with Gasteiger partial charge in [-0.25, -0.2) is 0 Å². The van der Waals surface area contributed by atoms with E-state index in [1.165, 1.54) is 0 Å². The fourth-order valence-corrected chi connectivity index (χ4v) is 2.11. The summed E-state index contributed by atoms with van der Waals surface area (Å²) >= 11 is 0. The summed E-state index contributed by atoms with van der Waals surface area (Å²) < 4.78 is 5.32. The van der Waals surface area contributed by atoms with Crippen LogP contribution in [0.15, 0.2) is 4.99 Å². The largest absolute Gasteiger partial charge is 0.481 e. The summed E-state index contributed by atoms with van der Waals surface area (Å²) in [6.45, 7) is 2.55. The molecule has 3 nitrogen and oxygen atoms in total. The maximum atomic E-state index is 11.3. The van der Waals surface area contributed by atoms with Crippen LogP contribution in [0.3, 0.4) is 0 Å². The van der Waals surface area contributed by atoms with Gasteiger partial charge in [0.15, 0.2) is 5.90 Å². The van der Waals surface area contributed by atoms with Crippen molar-refractivity contribution in [3.8, 4) is 0 Å². The van der Waals surface area contributed by atoms with Crippen LogP contribution in [0.25, 0.3) is 0 Å². The SMILES string of the molecule is CCOC1=NC(=O)[C@H]2CCC[C@@H]12. The van der Waals surface area contributed by atoms with E-state index in [1.54, 1.807) is 0 Å². The highest BCUT2D eigenvalue weighted by Gasteiger charge is 2.42. The maximum absolute atomic E-state index is 11.3. The summed E-state index contributed by atoms with van der Waals surface area (Å²) in [5.41, 5.74) is 0. The van der Waals surface area contributed by atoms with Gasteiger partial charge >= 0.3 is 0 Å². The molecule has 2 atom stereocenters. The molecule has 1 aliphatic carbocycles. The molecule has 1 saturated carbocycles. The lowest BCUT2D eigenvalue weighted by atomic mass is 9.99. The van der Waals surface area contributed by atoms with E-state index in [0.717, 1.165) is 19.3 Å². The van der Waals surface area contributed by atoms with Crippen molar-refractivity contribution in [2.24, 2.45) is 16.8 Å². The molecule has 12 heavy (non-hydrogen) atoms. The van der Waals surface area contributed by atoms with E-state index in [9.17, 15) is 4.79 Å². The summed E-state index contributed by atoms with van der Waals surface area (Å²) in [5.74, 6) is 1.22. The maximum Gasteiger partial charge on any atom is 0.252 e. The zero-order chi connectivity index (χ0) is 8.55. The van der Waals surface area contributed by atoms with Crippen LogP contribution in [0.4, 0.5) is 0 Å². The number of ether oxygens (including phenoxy) is 1. The standard InChI is InChI=1S/C9H13NO2/c1-2-12-9-7-5-3-4-6(7)8(11)10-9/h6-7H,2-5H2,1H3/t6-,7+/m0/s1. The molecule has 2 aliphatic rings. The van der Waals surface area contributed by atoms with Crippen molar-refractivity contribution in [2.45, 2.75) is 26.2 Å². The van der Waals surface area contributed by atoms with Crippen LogP contribution in [-0.2, 0) is 9.53 Å². The third kappa shape index (κ3) is 1.04. The number of nitrogens with zero attached hydrogens (tertiary/aromatic N) is 1. The van der Waals surface area contributed by atoms with Crippen molar-refractivity contribution in [3.63, 3.8) is 0 Å². The minimum atomic E-state index is 0.0425. The van der Waals surface area contributed by atoms with Crippen LogP contribution in [0.1, 0.15) is 26.2 Å². The molecular weight excluding hydrogens is 154 g/mol. The van der Waals surface area contributed by atoms with Crippen molar-refractivity contribution in [1.82, 2.24) is 0 Å². The van der Waals surface area contributed by atoms with Gasteiger partial charge in [0.2, 0.25) is 0 Å². The van der Waals surface area contributed by atoms with Gasteiger partial charge in [0, 0.05) is 5.92 Å². The molecule has 0 aromatic rings. The third-order valence-corrected chi connectivity index (χ3v) is 2.66. The molecule has 0 aromatic heterocycles. The van der Waals surface area contributed by atoms with Crippen LogP contribution < -0.4 is 0 Å². The Morgan fingerprint density at radius 2 is 2.25 bits per heavy atom. The highest BCUT2D eigenvalue weighted by molar-refractivity contribution is 6.01. The van der Waals surface area contributed by atoms with Crippen LogP contribution in [0.2, 0.25) is 0 Å². The Bertz CT molecular complexity index is 235. The lowest BCUT2D eigenvalue weighted by Crippen LogP contribution is -2.16. The molecule has 0 unspecified atom stereocenters. The first kappa shape index (κ1) is 7.77. The first-order valence-electron chi connectivity index (χ1n) is 4.58. The smallest absolute Gasteiger partial charge is 0.252 e. The number of carbonyl (C=O) groups is 1. The van der Waals surface area contributed by atoms with E-state index in [-0.39, 0.29) is 11.8 Å². The molecule has 0 spiro atoms. The second-order valence-electron chi connectivity index (χ2n) is 3.37. The van der Waals surface area contributed by atoms with Gasteiger partial charge < -0.3 is 4.74 Å². The molecule has 66 valence electrons. The molecule has 2 rings (SSSR count). The fourth-order valence-electron chi connectivity index (χ4n) is 2.11. The summed E-state index contributed by atoms with van der Waals surface area (Å²) in [7, 11) is 0. The van der Waals surface area contributed by atoms with E-state index in [1.807, 2.05) is 6.92 Å². The van der Waals surface area contributed by atoms with Gasteiger partial charge in [0.1, 0.15) is 0 Å². The first-order chi connectivity index (χ1) is 5.83. The molecule has 1 aliphatic heterocycles. The highest BCUT2D eigenvalue weighted by Crippen LogP contribution is 2.37. The van der Waals surface area contributed by atoms with Gasteiger partial charge in [-0.2, -0.15) is 4.99 Å². The van der Waals surface area contributed by atoms with E-state index >= 15 is 0 Å². The van der Waals surface area contributed by atoms with Gasteiger partial charge in [0.25, 0.3) is 5.91 Å². The van der Waals surface area contributed by atoms with Crippen molar-refractivity contribution in [2.75, 3.05) is 6.61 Å². The average Bonchev–Trinajstić information content (AvgIpc) is 2.58. The normalized spacial score (nSPS) is 33.4.